The van der Waals surface area contributed by atoms with Gasteiger partial charge in [-0.15, -0.1) is 24.0 Å². The van der Waals surface area contributed by atoms with Crippen molar-refractivity contribution in [1.29, 1.82) is 0 Å². The quantitative estimate of drug-likeness (QED) is 0.232. The predicted molar refractivity (Wildman–Crippen MR) is 112 cm³/mol. The molecule has 1 saturated heterocycles. The first-order valence-corrected chi connectivity index (χ1v) is 8.92. The molecule has 1 heterocycles. The van der Waals surface area contributed by atoms with Crippen molar-refractivity contribution in [3.05, 3.63) is 0 Å². The molecule has 1 rings (SSSR count). The van der Waals surface area contributed by atoms with Crippen molar-refractivity contribution < 1.29 is 14.3 Å². The number of likely N-dealkylation sites (tertiary alicyclic amines) is 1. The van der Waals surface area contributed by atoms with E-state index in [0.29, 0.717) is 19.1 Å². The Morgan fingerprint density at radius 1 is 1.28 bits per heavy atom. The Labute approximate surface area is 169 Å². The average Bonchev–Trinajstić information content (AvgIpc) is 2.56. The first-order valence-electron chi connectivity index (χ1n) is 8.92. The Balaban J connectivity index is 0.00000576. The lowest BCUT2D eigenvalue weighted by Crippen LogP contribution is -2.47. The minimum Gasteiger partial charge on any atom is -0.385 e. The zero-order valence-corrected chi connectivity index (χ0v) is 18.4. The van der Waals surface area contributed by atoms with Crippen LogP contribution in [0.3, 0.4) is 0 Å². The number of carbonyl (C=O) groups excluding carboxylic acids is 1. The van der Waals surface area contributed by atoms with Gasteiger partial charge in [-0.2, -0.15) is 0 Å². The van der Waals surface area contributed by atoms with E-state index in [1.807, 2.05) is 13.8 Å². The van der Waals surface area contributed by atoms with Gasteiger partial charge in [-0.3, -0.25) is 9.79 Å². The SMILES string of the molecule is CN=C(NCCC(=O)NC(C)C)N1CCC(OCCCOC)CC1.I. The third kappa shape index (κ3) is 10.9. The third-order valence-electron chi connectivity index (χ3n) is 3.88. The summed E-state index contributed by atoms with van der Waals surface area (Å²) in [5.41, 5.74) is 0. The topological polar surface area (TPSA) is 75.2 Å². The fraction of sp³-hybridized carbons (Fsp3) is 0.882. The van der Waals surface area contributed by atoms with Crippen LogP contribution in [-0.2, 0) is 14.3 Å². The Morgan fingerprint density at radius 2 is 1.96 bits per heavy atom. The molecular formula is C17H35IN4O3. The second kappa shape index (κ2) is 14.5. The summed E-state index contributed by atoms with van der Waals surface area (Å²) in [6, 6.07) is 0.180. The molecule has 148 valence electrons. The van der Waals surface area contributed by atoms with E-state index in [-0.39, 0.29) is 35.9 Å². The summed E-state index contributed by atoms with van der Waals surface area (Å²) in [6.07, 6.45) is 3.73. The summed E-state index contributed by atoms with van der Waals surface area (Å²) in [4.78, 5) is 18.2. The number of ether oxygens (including phenoxy) is 2. The highest BCUT2D eigenvalue weighted by Crippen LogP contribution is 2.14. The first kappa shape index (κ1) is 24.4. The smallest absolute Gasteiger partial charge is 0.221 e. The molecule has 1 fully saturated rings. The molecule has 8 heteroatoms. The number of nitrogens with zero attached hydrogens (tertiary/aromatic N) is 2. The van der Waals surface area contributed by atoms with Gasteiger partial charge in [0, 0.05) is 59.5 Å². The van der Waals surface area contributed by atoms with E-state index in [2.05, 4.69) is 20.5 Å². The van der Waals surface area contributed by atoms with Crippen molar-refractivity contribution in [2.24, 2.45) is 4.99 Å². The molecule has 7 nitrogen and oxygen atoms in total. The van der Waals surface area contributed by atoms with Gasteiger partial charge in [-0.25, -0.2) is 0 Å². The second-order valence-corrected chi connectivity index (χ2v) is 6.35. The van der Waals surface area contributed by atoms with Crippen LogP contribution in [0, 0.1) is 0 Å². The zero-order valence-electron chi connectivity index (χ0n) is 16.0. The monoisotopic (exact) mass is 470 g/mol. The van der Waals surface area contributed by atoms with E-state index < -0.39 is 0 Å². The maximum atomic E-state index is 11.7. The normalized spacial score (nSPS) is 15.9. The van der Waals surface area contributed by atoms with E-state index in [1.54, 1.807) is 14.2 Å². The fourth-order valence-corrected chi connectivity index (χ4v) is 2.70. The molecule has 0 atom stereocenters. The number of halogens is 1. The minimum atomic E-state index is 0. The number of hydrogen-bond acceptors (Lipinski definition) is 4. The number of nitrogens with one attached hydrogen (secondary N) is 2. The van der Waals surface area contributed by atoms with Gasteiger partial charge in [0.25, 0.3) is 0 Å². The number of amides is 1. The van der Waals surface area contributed by atoms with Crippen molar-refractivity contribution in [1.82, 2.24) is 15.5 Å². The molecular weight excluding hydrogens is 435 g/mol. The van der Waals surface area contributed by atoms with Gasteiger partial charge in [-0.1, -0.05) is 0 Å². The summed E-state index contributed by atoms with van der Waals surface area (Å²) in [7, 11) is 3.49. The lowest BCUT2D eigenvalue weighted by molar-refractivity contribution is -0.121. The third-order valence-corrected chi connectivity index (χ3v) is 3.88. The molecule has 0 saturated carbocycles. The molecule has 1 amide bonds. The van der Waals surface area contributed by atoms with Gasteiger partial charge in [0.1, 0.15) is 0 Å². The summed E-state index contributed by atoms with van der Waals surface area (Å²) in [5.74, 6) is 0.932. The van der Waals surface area contributed by atoms with Crippen LogP contribution in [0.25, 0.3) is 0 Å². The van der Waals surface area contributed by atoms with Gasteiger partial charge in [-0.05, 0) is 33.1 Å². The standard InChI is InChI=1S/C17H34N4O3.HI/c1-14(2)20-16(22)6-9-19-17(18-3)21-10-7-15(8-11-21)24-13-5-12-23-4;/h14-15H,5-13H2,1-4H3,(H,18,19)(H,20,22);1H. The van der Waals surface area contributed by atoms with Crippen molar-refractivity contribution >= 4 is 35.8 Å². The average molecular weight is 470 g/mol. The van der Waals surface area contributed by atoms with E-state index in [1.165, 1.54) is 0 Å². The molecule has 2 N–H and O–H groups in total. The molecule has 0 aliphatic carbocycles. The van der Waals surface area contributed by atoms with Crippen LogP contribution >= 0.6 is 24.0 Å². The maximum Gasteiger partial charge on any atom is 0.221 e. The number of hydrogen-bond donors (Lipinski definition) is 2. The number of piperidine rings is 1. The lowest BCUT2D eigenvalue weighted by atomic mass is 10.1. The van der Waals surface area contributed by atoms with Crippen molar-refractivity contribution in [2.45, 2.75) is 51.7 Å². The van der Waals surface area contributed by atoms with E-state index in [4.69, 9.17) is 9.47 Å². The Hall–Kier alpha value is -0.610. The number of rotatable bonds is 9. The minimum absolute atomic E-state index is 0. The Kier molecular flexibility index (Phi) is 14.2. The molecule has 0 unspecified atom stereocenters. The van der Waals surface area contributed by atoms with Crippen LogP contribution in [0.4, 0.5) is 0 Å². The lowest BCUT2D eigenvalue weighted by Gasteiger charge is -2.34. The first-order chi connectivity index (χ1) is 11.6. The molecule has 0 aromatic rings. The summed E-state index contributed by atoms with van der Waals surface area (Å²) >= 11 is 0. The molecule has 25 heavy (non-hydrogen) atoms. The molecule has 0 spiro atoms. The molecule has 0 aromatic carbocycles. The number of guanidine groups is 1. The van der Waals surface area contributed by atoms with Crippen molar-refractivity contribution in [3.8, 4) is 0 Å². The summed E-state index contributed by atoms with van der Waals surface area (Å²) in [6.45, 7) is 7.88. The van der Waals surface area contributed by atoms with Crippen LogP contribution in [0.2, 0.25) is 0 Å². The Morgan fingerprint density at radius 3 is 2.52 bits per heavy atom. The number of methoxy groups -OCH3 is 1. The highest BCUT2D eigenvalue weighted by atomic mass is 127. The van der Waals surface area contributed by atoms with Crippen LogP contribution < -0.4 is 10.6 Å². The van der Waals surface area contributed by atoms with Gasteiger partial charge in [0.2, 0.25) is 5.91 Å². The summed E-state index contributed by atoms with van der Waals surface area (Å²) < 4.78 is 10.9. The Bertz CT molecular complexity index is 386. The molecule has 1 aliphatic rings. The van der Waals surface area contributed by atoms with E-state index >= 15 is 0 Å². The highest BCUT2D eigenvalue weighted by molar-refractivity contribution is 14.0. The summed E-state index contributed by atoms with van der Waals surface area (Å²) in [5, 5.41) is 6.17. The van der Waals surface area contributed by atoms with Gasteiger partial charge in [0.15, 0.2) is 5.96 Å². The fourth-order valence-electron chi connectivity index (χ4n) is 2.70. The van der Waals surface area contributed by atoms with Gasteiger partial charge >= 0.3 is 0 Å². The van der Waals surface area contributed by atoms with Crippen LogP contribution in [0.5, 0.6) is 0 Å². The molecule has 0 aromatic heterocycles. The van der Waals surface area contributed by atoms with Gasteiger partial charge in [0.05, 0.1) is 6.10 Å². The van der Waals surface area contributed by atoms with Crippen LogP contribution in [-0.4, -0.2) is 75.9 Å². The maximum absolute atomic E-state index is 11.7. The van der Waals surface area contributed by atoms with Crippen molar-refractivity contribution in [2.75, 3.05) is 47.0 Å². The second-order valence-electron chi connectivity index (χ2n) is 6.35. The van der Waals surface area contributed by atoms with Gasteiger partial charge < -0.3 is 25.0 Å². The van der Waals surface area contributed by atoms with E-state index in [0.717, 1.165) is 51.5 Å². The number of aliphatic imine (C=N–C) groups is 1. The largest absolute Gasteiger partial charge is 0.385 e. The highest BCUT2D eigenvalue weighted by Gasteiger charge is 2.21. The zero-order chi connectivity index (χ0) is 17.8. The van der Waals surface area contributed by atoms with Crippen LogP contribution in [0.15, 0.2) is 4.99 Å². The predicted octanol–water partition coefficient (Wildman–Crippen LogP) is 1.61. The van der Waals surface area contributed by atoms with E-state index in [9.17, 15) is 4.79 Å². The van der Waals surface area contributed by atoms with Crippen molar-refractivity contribution in [3.63, 3.8) is 0 Å². The van der Waals surface area contributed by atoms with Crippen LogP contribution in [0.1, 0.15) is 39.5 Å². The molecule has 1 aliphatic heterocycles. The molecule has 0 bridgehead atoms. The molecule has 0 radical (unpaired) electrons. The number of carbonyl (C=O) groups is 1.